The molecule has 0 heterocycles. The Bertz CT molecular complexity index is 907. The number of methoxy groups -OCH3 is 1. The lowest BCUT2D eigenvalue weighted by molar-refractivity contribution is 0.261. The minimum Gasteiger partial charge on any atom is -0.493 e. The van der Waals surface area contributed by atoms with Crippen LogP contribution in [-0.2, 0) is 13.2 Å². The van der Waals surface area contributed by atoms with Crippen LogP contribution < -0.4 is 9.47 Å². The number of nitrogens with zero attached hydrogens (tertiary/aromatic N) is 1. The Morgan fingerprint density at radius 1 is 0.867 bits per heavy atom. The molecular weight excluding hydrogens is 370 g/mol. The fourth-order valence-corrected chi connectivity index (χ4v) is 3.43. The number of benzene rings is 3. The van der Waals surface area contributed by atoms with Crippen molar-refractivity contribution in [2.75, 3.05) is 20.2 Å². The van der Waals surface area contributed by atoms with Crippen LogP contribution in [0, 0.1) is 0 Å². The third kappa shape index (κ3) is 6.50. The lowest BCUT2D eigenvalue weighted by atomic mass is 10.1. The van der Waals surface area contributed by atoms with Crippen molar-refractivity contribution in [2.24, 2.45) is 0 Å². The summed E-state index contributed by atoms with van der Waals surface area (Å²) in [6, 6.07) is 26.8. The molecule has 0 aliphatic carbocycles. The monoisotopic (exact) mass is 401 g/mol. The lowest BCUT2D eigenvalue weighted by Gasteiger charge is -2.23. The molecule has 0 atom stereocenters. The van der Waals surface area contributed by atoms with E-state index in [1.807, 2.05) is 36.4 Å². The highest BCUT2D eigenvalue weighted by molar-refractivity contribution is 5.49. The quantitative estimate of drug-likeness (QED) is 0.382. The van der Waals surface area contributed by atoms with Crippen molar-refractivity contribution < 1.29 is 9.47 Å². The molecule has 156 valence electrons. The third-order valence-corrected chi connectivity index (χ3v) is 4.91. The molecule has 3 nitrogen and oxygen atoms in total. The SMILES string of the molecule is CCCN(C/C=C/c1ccccc1)Cc1cccc(OC)c1OCc1ccccc1. The maximum atomic E-state index is 6.23. The van der Waals surface area contributed by atoms with Crippen LogP contribution in [0.4, 0.5) is 0 Å². The summed E-state index contributed by atoms with van der Waals surface area (Å²) >= 11 is 0. The predicted molar refractivity (Wildman–Crippen MR) is 125 cm³/mol. The lowest BCUT2D eigenvalue weighted by Crippen LogP contribution is -2.24. The van der Waals surface area contributed by atoms with Crippen LogP contribution >= 0.6 is 0 Å². The van der Waals surface area contributed by atoms with Crippen LogP contribution in [0.15, 0.2) is 84.9 Å². The van der Waals surface area contributed by atoms with Gasteiger partial charge < -0.3 is 9.47 Å². The van der Waals surface area contributed by atoms with E-state index < -0.39 is 0 Å². The second kappa shape index (κ2) is 11.8. The number of hydrogen-bond donors (Lipinski definition) is 0. The predicted octanol–water partition coefficient (Wildman–Crippen LogP) is 6.20. The van der Waals surface area contributed by atoms with Crippen molar-refractivity contribution in [2.45, 2.75) is 26.5 Å². The van der Waals surface area contributed by atoms with Crippen LogP contribution in [0.25, 0.3) is 6.08 Å². The Morgan fingerprint density at radius 2 is 1.60 bits per heavy atom. The maximum absolute atomic E-state index is 6.23. The van der Waals surface area contributed by atoms with Gasteiger partial charge in [-0.05, 0) is 30.2 Å². The molecule has 0 N–H and O–H groups in total. The molecule has 3 heteroatoms. The topological polar surface area (TPSA) is 21.7 Å². The summed E-state index contributed by atoms with van der Waals surface area (Å²) < 4.78 is 11.8. The molecule has 0 bridgehead atoms. The van der Waals surface area contributed by atoms with E-state index in [-0.39, 0.29) is 0 Å². The van der Waals surface area contributed by atoms with Crippen LogP contribution in [0.2, 0.25) is 0 Å². The average Bonchev–Trinajstić information content (AvgIpc) is 2.79. The van der Waals surface area contributed by atoms with Crippen LogP contribution in [0.3, 0.4) is 0 Å². The zero-order chi connectivity index (χ0) is 21.0. The van der Waals surface area contributed by atoms with E-state index in [2.05, 4.69) is 66.4 Å². The van der Waals surface area contributed by atoms with Crippen molar-refractivity contribution in [3.63, 3.8) is 0 Å². The number of para-hydroxylation sites is 1. The van der Waals surface area contributed by atoms with Crippen molar-refractivity contribution in [3.05, 3.63) is 102 Å². The van der Waals surface area contributed by atoms with Gasteiger partial charge in [-0.3, -0.25) is 4.90 Å². The summed E-state index contributed by atoms with van der Waals surface area (Å²) in [6.45, 7) is 5.46. The maximum Gasteiger partial charge on any atom is 0.166 e. The normalized spacial score (nSPS) is 11.2. The molecule has 0 radical (unpaired) electrons. The summed E-state index contributed by atoms with van der Waals surface area (Å²) in [6.07, 6.45) is 5.51. The molecule has 0 aliphatic rings. The molecule has 30 heavy (non-hydrogen) atoms. The fourth-order valence-electron chi connectivity index (χ4n) is 3.43. The minimum atomic E-state index is 0.524. The summed E-state index contributed by atoms with van der Waals surface area (Å²) in [5, 5.41) is 0. The number of hydrogen-bond acceptors (Lipinski definition) is 3. The van der Waals surface area contributed by atoms with Gasteiger partial charge in [0.2, 0.25) is 0 Å². The van der Waals surface area contributed by atoms with Crippen molar-refractivity contribution >= 4 is 6.08 Å². The molecule has 0 aromatic heterocycles. The van der Waals surface area contributed by atoms with Crippen molar-refractivity contribution in [1.82, 2.24) is 4.90 Å². The second-order valence-electron chi connectivity index (χ2n) is 7.27. The Morgan fingerprint density at radius 3 is 2.30 bits per heavy atom. The first-order chi connectivity index (χ1) is 14.8. The highest BCUT2D eigenvalue weighted by Gasteiger charge is 2.14. The van der Waals surface area contributed by atoms with E-state index >= 15 is 0 Å². The molecule has 3 rings (SSSR count). The molecule has 0 aliphatic heterocycles. The summed E-state index contributed by atoms with van der Waals surface area (Å²) in [5.41, 5.74) is 3.51. The first-order valence-corrected chi connectivity index (χ1v) is 10.6. The molecular formula is C27H31NO2. The largest absolute Gasteiger partial charge is 0.493 e. The van der Waals surface area contributed by atoms with Crippen molar-refractivity contribution in [3.8, 4) is 11.5 Å². The van der Waals surface area contributed by atoms with E-state index in [4.69, 9.17) is 9.47 Å². The highest BCUT2D eigenvalue weighted by atomic mass is 16.5. The smallest absolute Gasteiger partial charge is 0.166 e. The van der Waals surface area contributed by atoms with Gasteiger partial charge >= 0.3 is 0 Å². The summed E-state index contributed by atoms with van der Waals surface area (Å²) in [4.78, 5) is 2.43. The summed E-state index contributed by atoms with van der Waals surface area (Å²) in [7, 11) is 1.70. The highest BCUT2D eigenvalue weighted by Crippen LogP contribution is 2.32. The van der Waals surface area contributed by atoms with Crippen LogP contribution in [0.1, 0.15) is 30.0 Å². The van der Waals surface area contributed by atoms with Gasteiger partial charge in [-0.2, -0.15) is 0 Å². The van der Waals surface area contributed by atoms with Gasteiger partial charge in [0.1, 0.15) is 6.61 Å². The Hall–Kier alpha value is -3.04. The van der Waals surface area contributed by atoms with Gasteiger partial charge in [-0.15, -0.1) is 0 Å². The number of ether oxygens (including phenoxy) is 2. The van der Waals surface area contributed by atoms with Crippen LogP contribution in [0.5, 0.6) is 11.5 Å². The van der Waals surface area contributed by atoms with Gasteiger partial charge in [0, 0.05) is 18.7 Å². The third-order valence-electron chi connectivity index (χ3n) is 4.91. The van der Waals surface area contributed by atoms with Gasteiger partial charge in [0.15, 0.2) is 11.5 Å². The minimum absolute atomic E-state index is 0.524. The molecule has 0 saturated heterocycles. The summed E-state index contributed by atoms with van der Waals surface area (Å²) in [5.74, 6) is 1.61. The zero-order valence-electron chi connectivity index (χ0n) is 18.0. The van der Waals surface area contributed by atoms with Gasteiger partial charge in [0.05, 0.1) is 7.11 Å². The van der Waals surface area contributed by atoms with Gasteiger partial charge in [-0.1, -0.05) is 91.9 Å². The average molecular weight is 402 g/mol. The number of rotatable bonds is 11. The van der Waals surface area contributed by atoms with Gasteiger partial charge in [0.25, 0.3) is 0 Å². The molecule has 3 aromatic carbocycles. The Balaban J connectivity index is 1.72. The first-order valence-electron chi connectivity index (χ1n) is 10.6. The molecule has 0 unspecified atom stereocenters. The molecule has 0 saturated carbocycles. The van der Waals surface area contributed by atoms with Gasteiger partial charge in [-0.25, -0.2) is 0 Å². The second-order valence-corrected chi connectivity index (χ2v) is 7.27. The van der Waals surface area contributed by atoms with Crippen molar-refractivity contribution in [1.29, 1.82) is 0 Å². The molecule has 0 spiro atoms. The van der Waals surface area contributed by atoms with E-state index in [9.17, 15) is 0 Å². The fraction of sp³-hybridized carbons (Fsp3) is 0.259. The Labute approximate surface area is 180 Å². The van der Waals surface area contributed by atoms with E-state index in [0.29, 0.717) is 6.61 Å². The van der Waals surface area contributed by atoms with Crippen LogP contribution in [-0.4, -0.2) is 25.1 Å². The van der Waals surface area contributed by atoms with E-state index in [1.165, 1.54) is 5.56 Å². The standard InChI is InChI=1S/C27H31NO2/c1-3-19-28(20-11-16-23-12-6-4-7-13-23)21-25-17-10-18-26(29-2)27(25)30-22-24-14-8-5-9-15-24/h4-18H,3,19-22H2,1-2H3/b16-11+. The zero-order valence-corrected chi connectivity index (χ0v) is 18.0. The molecule has 0 fully saturated rings. The molecule has 0 amide bonds. The first kappa shape index (κ1) is 21.7. The van der Waals surface area contributed by atoms with E-state index in [0.717, 1.165) is 48.7 Å². The Kier molecular flexibility index (Phi) is 8.55. The molecule has 3 aromatic rings. The van der Waals surface area contributed by atoms with E-state index in [1.54, 1.807) is 7.11 Å².